The third-order valence-corrected chi connectivity index (χ3v) is 1.93. The first kappa shape index (κ1) is 9.97. The Morgan fingerprint density at radius 2 is 2.08 bits per heavy atom. The summed E-state index contributed by atoms with van der Waals surface area (Å²) in [5.74, 6) is 0.687. The van der Waals surface area contributed by atoms with Crippen LogP contribution in [0, 0.1) is 12.8 Å². The second-order valence-corrected chi connectivity index (χ2v) is 3.89. The van der Waals surface area contributed by atoms with Crippen molar-refractivity contribution in [2.24, 2.45) is 5.92 Å². The molecule has 0 atom stereocenters. The zero-order chi connectivity index (χ0) is 9.84. The van der Waals surface area contributed by atoms with Gasteiger partial charge in [0.2, 0.25) is 0 Å². The minimum Gasteiger partial charge on any atom is -0.294 e. The largest absolute Gasteiger partial charge is 0.294 e. The lowest BCUT2D eigenvalue weighted by Gasteiger charge is -2.04. The van der Waals surface area contributed by atoms with Crippen molar-refractivity contribution in [1.82, 2.24) is 0 Å². The van der Waals surface area contributed by atoms with Crippen LogP contribution < -0.4 is 0 Å². The van der Waals surface area contributed by atoms with Crippen molar-refractivity contribution < 1.29 is 4.79 Å². The predicted molar refractivity (Wildman–Crippen MR) is 55.0 cm³/mol. The molecule has 1 nitrogen and oxygen atoms in total. The van der Waals surface area contributed by atoms with E-state index in [-0.39, 0.29) is 5.78 Å². The fourth-order valence-corrected chi connectivity index (χ4v) is 1.31. The van der Waals surface area contributed by atoms with Gasteiger partial charge in [-0.25, -0.2) is 0 Å². The Labute approximate surface area is 79.8 Å². The normalized spacial score (nSPS) is 10.5. The highest BCUT2D eigenvalue weighted by molar-refractivity contribution is 5.96. The molecule has 0 N–H and O–H groups in total. The molecule has 1 rings (SSSR count). The maximum Gasteiger partial charge on any atom is 0.163 e. The molecule has 1 heteroatoms. The second kappa shape index (κ2) is 4.22. The van der Waals surface area contributed by atoms with Crippen molar-refractivity contribution in [1.29, 1.82) is 0 Å². The van der Waals surface area contributed by atoms with Crippen LogP contribution >= 0.6 is 0 Å². The van der Waals surface area contributed by atoms with Gasteiger partial charge in [0.05, 0.1) is 0 Å². The average molecular weight is 176 g/mol. The molecule has 0 radical (unpaired) electrons. The number of hydrogen-bond acceptors (Lipinski definition) is 1. The highest BCUT2D eigenvalue weighted by Crippen LogP contribution is 2.10. The molecule has 0 heterocycles. The number of rotatable bonds is 3. The van der Waals surface area contributed by atoms with Crippen molar-refractivity contribution in [3.63, 3.8) is 0 Å². The van der Waals surface area contributed by atoms with Gasteiger partial charge in [-0.05, 0) is 18.9 Å². The first-order chi connectivity index (χ1) is 6.09. The highest BCUT2D eigenvalue weighted by atomic mass is 16.1. The first-order valence-electron chi connectivity index (χ1n) is 4.69. The fraction of sp³-hybridized carbons (Fsp3) is 0.417. The number of hydrogen-bond donors (Lipinski definition) is 0. The van der Waals surface area contributed by atoms with Gasteiger partial charge >= 0.3 is 0 Å². The van der Waals surface area contributed by atoms with E-state index in [0.29, 0.717) is 12.3 Å². The number of ketones is 1. The van der Waals surface area contributed by atoms with Crippen molar-refractivity contribution in [2.75, 3.05) is 0 Å². The van der Waals surface area contributed by atoms with Crippen LogP contribution in [0.4, 0.5) is 0 Å². The molecule has 0 unspecified atom stereocenters. The summed E-state index contributed by atoms with van der Waals surface area (Å²) in [4.78, 5) is 11.6. The Bertz CT molecular complexity index is 300. The van der Waals surface area contributed by atoms with Gasteiger partial charge in [-0.3, -0.25) is 4.79 Å². The van der Waals surface area contributed by atoms with Gasteiger partial charge in [-0.2, -0.15) is 0 Å². The molecular formula is C12H16O. The molecule has 0 saturated carbocycles. The SMILES string of the molecule is Cc1cccc(C(=O)CC(C)C)c1. The van der Waals surface area contributed by atoms with E-state index in [1.165, 1.54) is 0 Å². The van der Waals surface area contributed by atoms with Gasteiger partial charge in [0.1, 0.15) is 0 Å². The predicted octanol–water partition coefficient (Wildman–Crippen LogP) is 3.22. The molecule has 1 aromatic rings. The van der Waals surface area contributed by atoms with Crippen LogP contribution in [0.5, 0.6) is 0 Å². The van der Waals surface area contributed by atoms with Crippen molar-refractivity contribution >= 4 is 5.78 Å². The molecule has 13 heavy (non-hydrogen) atoms. The molecule has 0 aromatic heterocycles. The molecule has 0 aliphatic carbocycles. The Balaban J connectivity index is 2.77. The van der Waals surface area contributed by atoms with Gasteiger partial charge < -0.3 is 0 Å². The van der Waals surface area contributed by atoms with Crippen LogP contribution in [0.2, 0.25) is 0 Å². The van der Waals surface area contributed by atoms with Gasteiger partial charge in [0, 0.05) is 12.0 Å². The number of carbonyl (C=O) groups excluding carboxylic acids is 1. The van der Waals surface area contributed by atoms with Crippen molar-refractivity contribution in [3.05, 3.63) is 35.4 Å². The quantitative estimate of drug-likeness (QED) is 0.646. The molecule has 0 saturated heterocycles. The van der Waals surface area contributed by atoms with E-state index in [9.17, 15) is 4.79 Å². The Morgan fingerprint density at radius 3 is 2.62 bits per heavy atom. The summed E-state index contributed by atoms with van der Waals surface area (Å²) in [6, 6.07) is 7.78. The molecule has 0 aliphatic heterocycles. The van der Waals surface area contributed by atoms with E-state index in [4.69, 9.17) is 0 Å². The maximum atomic E-state index is 11.6. The zero-order valence-electron chi connectivity index (χ0n) is 8.50. The van der Waals surface area contributed by atoms with E-state index in [0.717, 1.165) is 11.1 Å². The van der Waals surface area contributed by atoms with E-state index in [2.05, 4.69) is 13.8 Å². The molecule has 70 valence electrons. The van der Waals surface area contributed by atoms with Crippen molar-refractivity contribution in [2.45, 2.75) is 27.2 Å². The summed E-state index contributed by atoms with van der Waals surface area (Å²) in [6.07, 6.45) is 0.642. The first-order valence-corrected chi connectivity index (χ1v) is 4.69. The number of aryl methyl sites for hydroxylation is 1. The van der Waals surface area contributed by atoms with E-state index >= 15 is 0 Å². The molecule has 1 aromatic carbocycles. The highest BCUT2D eigenvalue weighted by Gasteiger charge is 2.07. The molecular weight excluding hydrogens is 160 g/mol. The maximum absolute atomic E-state index is 11.6. The summed E-state index contributed by atoms with van der Waals surface area (Å²) in [6.45, 7) is 6.13. The van der Waals surface area contributed by atoms with Crippen LogP contribution in [0.15, 0.2) is 24.3 Å². The third kappa shape index (κ3) is 3.02. The summed E-state index contributed by atoms with van der Waals surface area (Å²) in [5, 5.41) is 0. The molecule has 0 amide bonds. The summed E-state index contributed by atoms with van der Waals surface area (Å²) >= 11 is 0. The average Bonchev–Trinajstić information content (AvgIpc) is 2.03. The van der Waals surface area contributed by atoms with Gasteiger partial charge in [0.15, 0.2) is 5.78 Å². The van der Waals surface area contributed by atoms with Gasteiger partial charge in [-0.1, -0.05) is 37.6 Å². The van der Waals surface area contributed by atoms with Gasteiger partial charge in [-0.15, -0.1) is 0 Å². The van der Waals surface area contributed by atoms with Crippen LogP contribution in [-0.2, 0) is 0 Å². The van der Waals surface area contributed by atoms with E-state index < -0.39 is 0 Å². The third-order valence-electron chi connectivity index (χ3n) is 1.93. The smallest absolute Gasteiger partial charge is 0.163 e. The van der Waals surface area contributed by atoms with Gasteiger partial charge in [0.25, 0.3) is 0 Å². The molecule has 0 bridgehead atoms. The lowest BCUT2D eigenvalue weighted by molar-refractivity contribution is 0.0968. The summed E-state index contributed by atoms with van der Waals surface area (Å²) < 4.78 is 0. The van der Waals surface area contributed by atoms with Crippen molar-refractivity contribution in [3.8, 4) is 0 Å². The fourth-order valence-electron chi connectivity index (χ4n) is 1.31. The Morgan fingerprint density at radius 1 is 1.38 bits per heavy atom. The molecule has 0 aliphatic rings. The van der Waals surface area contributed by atoms with E-state index in [1.54, 1.807) is 0 Å². The lowest BCUT2D eigenvalue weighted by atomic mass is 10.0. The number of Topliss-reactive ketones (excluding diaryl/α,β-unsaturated/α-hetero) is 1. The summed E-state index contributed by atoms with van der Waals surface area (Å²) in [7, 11) is 0. The molecule has 0 fully saturated rings. The Kier molecular flexibility index (Phi) is 3.24. The minimum absolute atomic E-state index is 0.249. The van der Waals surface area contributed by atoms with E-state index in [1.807, 2.05) is 31.2 Å². The van der Waals surface area contributed by atoms with Crippen LogP contribution in [0.3, 0.4) is 0 Å². The van der Waals surface area contributed by atoms with Crippen LogP contribution in [0.25, 0.3) is 0 Å². The summed E-state index contributed by atoms with van der Waals surface area (Å²) in [5.41, 5.74) is 1.99. The standard InChI is InChI=1S/C12H16O/c1-9(2)7-12(13)11-6-4-5-10(3)8-11/h4-6,8-9H,7H2,1-3H3. The monoisotopic (exact) mass is 176 g/mol. The van der Waals surface area contributed by atoms with Crippen LogP contribution in [0.1, 0.15) is 36.2 Å². The number of carbonyl (C=O) groups is 1. The molecule has 0 spiro atoms. The topological polar surface area (TPSA) is 17.1 Å². The number of benzene rings is 1. The second-order valence-electron chi connectivity index (χ2n) is 3.89. The Hall–Kier alpha value is -1.11. The van der Waals surface area contributed by atoms with Crippen LogP contribution in [-0.4, -0.2) is 5.78 Å². The minimum atomic E-state index is 0.249. The lowest BCUT2D eigenvalue weighted by Crippen LogP contribution is -2.03. The zero-order valence-corrected chi connectivity index (χ0v) is 8.50.